The third kappa shape index (κ3) is 2.73. The number of nitriles is 1. The fourth-order valence-corrected chi connectivity index (χ4v) is 2.79. The second-order valence-corrected chi connectivity index (χ2v) is 5.47. The van der Waals surface area contributed by atoms with E-state index in [-0.39, 0.29) is 11.7 Å². The average molecular weight is 300 g/mol. The van der Waals surface area contributed by atoms with Gasteiger partial charge in [-0.05, 0) is 5.56 Å². The summed E-state index contributed by atoms with van der Waals surface area (Å²) in [7, 11) is 3.33. The Labute approximate surface area is 129 Å². The largest absolute Gasteiger partial charge is 0.384 e. The fourth-order valence-electron chi connectivity index (χ4n) is 2.45. The minimum Gasteiger partial charge on any atom is -0.384 e. The summed E-state index contributed by atoms with van der Waals surface area (Å²) in [6, 6.07) is 11.5. The predicted molar refractivity (Wildman–Crippen MR) is 83.9 cm³/mol. The number of carbonyl (C=O) groups is 1. The van der Waals surface area contributed by atoms with Crippen molar-refractivity contribution in [3.8, 4) is 6.07 Å². The van der Waals surface area contributed by atoms with Crippen LogP contribution >= 0.6 is 12.2 Å². The number of rotatable bonds is 2. The van der Waals surface area contributed by atoms with Crippen molar-refractivity contribution in [1.82, 2.24) is 10.2 Å². The maximum Gasteiger partial charge on any atom is 0.233 e. The molecule has 0 aliphatic carbocycles. The van der Waals surface area contributed by atoms with Crippen LogP contribution in [-0.2, 0) is 4.79 Å². The molecule has 2 rings (SSSR count). The number of allylic oxidation sites excluding steroid dienone is 1. The fraction of sp³-hybridized carbons (Fsp3) is 0.267. The first-order valence-electron chi connectivity index (χ1n) is 6.44. The van der Waals surface area contributed by atoms with Gasteiger partial charge in [0.25, 0.3) is 0 Å². The molecule has 1 aromatic rings. The number of benzene rings is 1. The summed E-state index contributed by atoms with van der Waals surface area (Å²) in [5, 5.41) is 12.2. The molecule has 0 spiro atoms. The summed E-state index contributed by atoms with van der Waals surface area (Å²) in [4.78, 5) is 14.3. The van der Waals surface area contributed by atoms with Gasteiger partial charge in [0, 0.05) is 20.0 Å². The Hall–Kier alpha value is -2.39. The smallest absolute Gasteiger partial charge is 0.233 e. The highest BCUT2D eigenvalue weighted by atomic mass is 32.1. The van der Waals surface area contributed by atoms with E-state index < -0.39 is 11.8 Å². The molecule has 21 heavy (non-hydrogen) atoms. The van der Waals surface area contributed by atoms with Crippen LogP contribution in [0.25, 0.3) is 0 Å². The summed E-state index contributed by atoms with van der Waals surface area (Å²) < 4.78 is 0. The lowest BCUT2D eigenvalue weighted by Gasteiger charge is -2.34. The molecule has 0 bridgehead atoms. The molecule has 1 heterocycles. The molecular formula is C15H16N4OS. The van der Waals surface area contributed by atoms with E-state index >= 15 is 0 Å². The van der Waals surface area contributed by atoms with Crippen molar-refractivity contribution < 1.29 is 4.79 Å². The highest BCUT2D eigenvalue weighted by Crippen LogP contribution is 2.36. The van der Waals surface area contributed by atoms with Crippen LogP contribution in [0.4, 0.5) is 0 Å². The first-order valence-corrected chi connectivity index (χ1v) is 6.85. The van der Waals surface area contributed by atoms with E-state index in [1.165, 1.54) is 4.90 Å². The Morgan fingerprint density at radius 2 is 2.00 bits per heavy atom. The van der Waals surface area contributed by atoms with E-state index in [2.05, 4.69) is 11.4 Å². The van der Waals surface area contributed by atoms with Crippen LogP contribution in [0.1, 0.15) is 11.5 Å². The van der Waals surface area contributed by atoms with Crippen molar-refractivity contribution in [3.63, 3.8) is 0 Å². The van der Waals surface area contributed by atoms with Gasteiger partial charge in [0.2, 0.25) is 5.91 Å². The van der Waals surface area contributed by atoms with Crippen molar-refractivity contribution in [2.24, 2.45) is 11.7 Å². The Kier molecular flexibility index (Phi) is 4.24. The molecule has 108 valence electrons. The van der Waals surface area contributed by atoms with Crippen LogP contribution in [0.3, 0.4) is 0 Å². The van der Waals surface area contributed by atoms with Gasteiger partial charge in [0.05, 0.1) is 16.6 Å². The monoisotopic (exact) mass is 300 g/mol. The number of nitrogens with zero attached hydrogens (tertiary/aromatic N) is 2. The van der Waals surface area contributed by atoms with E-state index in [0.717, 1.165) is 5.56 Å². The number of nitrogens with one attached hydrogen (secondary N) is 1. The Balaban J connectivity index is 2.60. The second kappa shape index (κ2) is 5.94. The van der Waals surface area contributed by atoms with Crippen molar-refractivity contribution in [2.45, 2.75) is 5.92 Å². The van der Waals surface area contributed by atoms with Crippen molar-refractivity contribution in [3.05, 3.63) is 47.3 Å². The average Bonchev–Trinajstić information content (AvgIpc) is 2.46. The van der Waals surface area contributed by atoms with Gasteiger partial charge in [-0.15, -0.1) is 0 Å². The molecule has 1 aromatic carbocycles. The molecule has 0 unspecified atom stereocenters. The summed E-state index contributed by atoms with van der Waals surface area (Å²) in [6.07, 6.45) is 0. The molecule has 0 saturated heterocycles. The molecule has 5 nitrogen and oxygen atoms in total. The minimum absolute atomic E-state index is 0.151. The van der Waals surface area contributed by atoms with Gasteiger partial charge in [0.1, 0.15) is 11.7 Å². The highest BCUT2D eigenvalue weighted by Gasteiger charge is 2.41. The number of thiocarbonyl (C=S) groups is 1. The summed E-state index contributed by atoms with van der Waals surface area (Å²) in [6.45, 7) is 0. The number of carbonyl (C=O) groups excluding carboxylic acids is 1. The van der Waals surface area contributed by atoms with Crippen molar-refractivity contribution >= 4 is 23.1 Å². The molecule has 0 aromatic heterocycles. The zero-order chi connectivity index (χ0) is 15.6. The van der Waals surface area contributed by atoms with Gasteiger partial charge in [-0.2, -0.15) is 5.26 Å². The summed E-state index contributed by atoms with van der Waals surface area (Å²) in [5.41, 5.74) is 7.07. The quantitative estimate of drug-likeness (QED) is 0.799. The number of hydrogen-bond acceptors (Lipinski definition) is 4. The predicted octanol–water partition coefficient (Wildman–Crippen LogP) is 1.10. The first-order chi connectivity index (χ1) is 9.97. The van der Waals surface area contributed by atoms with Crippen LogP contribution in [0.5, 0.6) is 0 Å². The Bertz CT molecular complexity index is 645. The first kappa shape index (κ1) is 15.0. The van der Waals surface area contributed by atoms with Gasteiger partial charge < -0.3 is 16.0 Å². The Morgan fingerprint density at radius 3 is 2.52 bits per heavy atom. The summed E-state index contributed by atoms with van der Waals surface area (Å²) in [5.74, 6) is -1.01. The van der Waals surface area contributed by atoms with Crippen LogP contribution in [0.15, 0.2) is 41.7 Å². The molecule has 0 fully saturated rings. The second-order valence-electron chi connectivity index (χ2n) is 5.03. The molecule has 1 amide bonds. The van der Waals surface area contributed by atoms with Gasteiger partial charge in [-0.3, -0.25) is 4.79 Å². The maximum absolute atomic E-state index is 12.5. The molecule has 0 saturated carbocycles. The van der Waals surface area contributed by atoms with Gasteiger partial charge in [-0.1, -0.05) is 42.5 Å². The van der Waals surface area contributed by atoms with E-state index in [9.17, 15) is 10.1 Å². The molecule has 0 radical (unpaired) electrons. The molecule has 1 aliphatic rings. The standard InChI is InChI=1S/C15H16N4OS/c1-19(2)15(20)12-11(9-6-4-3-5-7-9)10(8-16)13(17)18-14(12)21/h3-7,11-12H,17H2,1-2H3,(H,18,21)/t11-,12-/m0/s1. The summed E-state index contributed by atoms with van der Waals surface area (Å²) >= 11 is 5.30. The maximum atomic E-state index is 12.5. The zero-order valence-corrected chi connectivity index (χ0v) is 12.6. The van der Waals surface area contributed by atoms with Gasteiger partial charge in [0.15, 0.2) is 0 Å². The van der Waals surface area contributed by atoms with Gasteiger partial charge in [-0.25, -0.2) is 0 Å². The van der Waals surface area contributed by atoms with Crippen LogP contribution < -0.4 is 11.1 Å². The normalized spacial score (nSPS) is 21.5. The SMILES string of the molecule is CN(C)C(=O)[C@@H]1C(=S)NC(N)=C(C#N)[C@@H]1c1ccccc1. The number of nitrogens with two attached hydrogens (primary N) is 1. The van der Waals surface area contributed by atoms with Crippen molar-refractivity contribution in [1.29, 1.82) is 5.26 Å². The lowest BCUT2D eigenvalue weighted by Crippen LogP contribution is -2.48. The highest BCUT2D eigenvalue weighted by molar-refractivity contribution is 7.80. The number of hydrogen-bond donors (Lipinski definition) is 2. The van der Waals surface area contributed by atoms with Crippen molar-refractivity contribution in [2.75, 3.05) is 14.1 Å². The lowest BCUT2D eigenvalue weighted by molar-refractivity contribution is -0.131. The van der Waals surface area contributed by atoms with E-state index in [0.29, 0.717) is 10.6 Å². The molecule has 2 atom stereocenters. The zero-order valence-electron chi connectivity index (χ0n) is 11.8. The van der Waals surface area contributed by atoms with E-state index in [4.69, 9.17) is 18.0 Å². The lowest BCUT2D eigenvalue weighted by atomic mass is 9.78. The van der Waals surface area contributed by atoms with E-state index in [1.807, 2.05) is 30.3 Å². The van der Waals surface area contributed by atoms with Crippen LogP contribution in [0, 0.1) is 17.2 Å². The Morgan fingerprint density at radius 1 is 1.38 bits per heavy atom. The molecule has 3 N–H and O–H groups in total. The number of amides is 1. The molecule has 1 aliphatic heterocycles. The minimum atomic E-state index is -0.626. The topological polar surface area (TPSA) is 82.2 Å². The molecule has 6 heteroatoms. The van der Waals surface area contributed by atoms with Gasteiger partial charge >= 0.3 is 0 Å². The third-order valence-electron chi connectivity index (χ3n) is 3.46. The third-order valence-corrected chi connectivity index (χ3v) is 3.82. The molecular weight excluding hydrogens is 284 g/mol. The van der Waals surface area contributed by atoms with Crippen LogP contribution in [-0.4, -0.2) is 29.9 Å². The van der Waals surface area contributed by atoms with Crippen LogP contribution in [0.2, 0.25) is 0 Å². The van der Waals surface area contributed by atoms with E-state index in [1.54, 1.807) is 14.1 Å².